The first kappa shape index (κ1) is 48.5. The molecule has 1 aromatic carbocycles. The molecule has 1 fully saturated rings. The lowest BCUT2D eigenvalue weighted by Gasteiger charge is -2.35. The molecule has 0 aliphatic carbocycles. The average Bonchev–Trinajstić information content (AvgIpc) is 3.90. The van der Waals surface area contributed by atoms with Gasteiger partial charge in [-0.1, -0.05) is 37.1 Å². The lowest BCUT2D eigenvalue weighted by molar-refractivity contribution is -0.138. The molecule has 0 bridgehead atoms. The molecule has 0 spiro atoms. The van der Waals surface area contributed by atoms with Gasteiger partial charge < -0.3 is 56.0 Å². The van der Waals surface area contributed by atoms with E-state index < -0.39 is 35.6 Å². The highest BCUT2D eigenvalue weighted by molar-refractivity contribution is 8.00. The smallest absolute Gasteiger partial charge is 0.321 e. The lowest BCUT2D eigenvalue weighted by Crippen LogP contribution is -2.48. The maximum atomic E-state index is 12.9. The number of benzene rings is 1. The number of aliphatic carboxylic acids is 2. The zero-order valence-electron chi connectivity index (χ0n) is 35.9. The molecule has 0 unspecified atom stereocenters. The van der Waals surface area contributed by atoms with E-state index in [1.165, 1.54) is 0 Å². The number of hydrogen-bond donors (Lipinski definition) is 6. The van der Waals surface area contributed by atoms with E-state index in [-0.39, 0.29) is 30.6 Å². The van der Waals surface area contributed by atoms with Crippen LogP contribution in [0.4, 0.5) is 11.8 Å². The first-order valence-corrected chi connectivity index (χ1v) is 22.1. The highest BCUT2D eigenvalue weighted by atomic mass is 32.2. The Morgan fingerprint density at radius 2 is 1.76 bits per heavy atom. The van der Waals surface area contributed by atoms with Gasteiger partial charge in [0.15, 0.2) is 5.82 Å². The molecule has 21 nitrogen and oxygen atoms in total. The SMILES string of the molecule is CCCCCNc1nc(N)nc2ccn(Cc3ccc(CN4CCN(C(=O)CCOCCOCCn5cc(CNC(=O)[C@@H](CC(=O)O)SC[C@H](N)C(=O)O)nn5)CC4)cc3OC)c12. The summed E-state index contributed by atoms with van der Waals surface area (Å²) in [5.74, 6) is -1.27. The molecule has 22 heteroatoms. The Hall–Kier alpha value is -5.55. The molecule has 1 saturated heterocycles. The van der Waals surface area contributed by atoms with E-state index in [0.717, 1.165) is 90.9 Å². The molecule has 1 aliphatic heterocycles. The maximum absolute atomic E-state index is 12.9. The summed E-state index contributed by atoms with van der Waals surface area (Å²) in [4.78, 5) is 60.8. The third-order valence-corrected chi connectivity index (χ3v) is 11.6. The number of thioether (sulfide) groups is 1. The number of carboxylic acid groups (broad SMARTS) is 2. The third kappa shape index (κ3) is 15.3. The van der Waals surface area contributed by atoms with Gasteiger partial charge in [0, 0.05) is 56.8 Å². The number of nitrogens with one attached hydrogen (secondary N) is 2. The van der Waals surface area contributed by atoms with Crippen molar-refractivity contribution in [2.75, 3.05) is 83.1 Å². The topological polar surface area (TPSA) is 280 Å². The van der Waals surface area contributed by atoms with E-state index in [0.29, 0.717) is 58.3 Å². The van der Waals surface area contributed by atoms with Gasteiger partial charge >= 0.3 is 11.9 Å². The van der Waals surface area contributed by atoms with Gasteiger partial charge in [-0.3, -0.25) is 24.1 Å². The molecule has 4 heterocycles. The largest absolute Gasteiger partial charge is 0.496 e. The standard InChI is InChI=1S/C41H60N12O9S/c1-3-4-5-10-44-38-37-32(46-41(43)47-38)8-11-52(37)25-29-7-6-28(21-33(29)60-2)24-50-12-14-51(15-13-50)35(54)9-17-61-19-20-62-18-16-53-26-30(48-49-53)23-45-39(57)34(22-36(55)56)63-27-31(42)40(58)59/h6-8,11,21,26,31,34H,3-5,9-10,12-20,22-25,27,42H2,1-2H3,(H,45,57)(H,55,56)(H,58,59)(H3,43,44,46,47)/t31-,34+/m0/s1. The van der Waals surface area contributed by atoms with Crippen LogP contribution in [-0.2, 0) is 54.8 Å². The van der Waals surface area contributed by atoms with Crippen LogP contribution >= 0.6 is 11.8 Å². The molecule has 5 rings (SSSR count). The van der Waals surface area contributed by atoms with E-state index in [9.17, 15) is 19.2 Å². The number of methoxy groups -OCH3 is 1. The molecule has 8 N–H and O–H groups in total. The molecule has 0 saturated carbocycles. The highest BCUT2D eigenvalue weighted by Gasteiger charge is 2.25. The molecule has 1 aliphatic rings. The second-order valence-electron chi connectivity index (χ2n) is 15.1. The molecule has 63 heavy (non-hydrogen) atoms. The Balaban J connectivity index is 0.948. The molecule has 2 atom stereocenters. The van der Waals surface area contributed by atoms with Crippen LogP contribution in [0.2, 0.25) is 0 Å². The Morgan fingerprint density at radius 1 is 0.984 bits per heavy atom. The number of rotatable bonds is 28. The fourth-order valence-electron chi connectivity index (χ4n) is 6.87. The highest BCUT2D eigenvalue weighted by Crippen LogP contribution is 2.28. The molecule has 2 amide bonds. The number of carbonyl (C=O) groups is 4. The number of amides is 2. The maximum Gasteiger partial charge on any atom is 0.321 e. The van der Waals surface area contributed by atoms with Crippen molar-refractivity contribution < 1.29 is 43.6 Å². The van der Waals surface area contributed by atoms with Crippen molar-refractivity contribution in [2.24, 2.45) is 5.73 Å². The van der Waals surface area contributed by atoms with Gasteiger partial charge in [-0.2, -0.15) is 4.98 Å². The molecule has 3 aromatic heterocycles. The monoisotopic (exact) mass is 896 g/mol. The lowest BCUT2D eigenvalue weighted by atomic mass is 10.1. The van der Waals surface area contributed by atoms with Crippen LogP contribution < -0.4 is 26.8 Å². The van der Waals surface area contributed by atoms with Gasteiger partial charge in [-0.05, 0) is 24.1 Å². The second-order valence-corrected chi connectivity index (χ2v) is 16.3. The number of nitrogen functional groups attached to an aromatic ring is 1. The van der Waals surface area contributed by atoms with Gasteiger partial charge in [-0.25, -0.2) is 9.67 Å². The molecule has 344 valence electrons. The first-order chi connectivity index (χ1) is 30.4. The summed E-state index contributed by atoms with van der Waals surface area (Å²) in [5, 5.41) is 31.2. The van der Waals surface area contributed by atoms with Crippen LogP contribution in [0.5, 0.6) is 5.75 Å². The molecule has 0 radical (unpaired) electrons. The Bertz CT molecular complexity index is 2110. The van der Waals surface area contributed by atoms with Gasteiger partial charge in [0.05, 0.1) is 83.0 Å². The fourth-order valence-corrected chi connectivity index (χ4v) is 7.95. The Morgan fingerprint density at radius 3 is 2.49 bits per heavy atom. The van der Waals surface area contributed by atoms with Crippen LogP contribution in [0.25, 0.3) is 11.0 Å². The number of piperazine rings is 1. The van der Waals surface area contributed by atoms with E-state index in [1.54, 1.807) is 18.0 Å². The number of hydrogen-bond acceptors (Lipinski definition) is 16. The molecular formula is C41H60N12O9S. The quantitative estimate of drug-likeness (QED) is 0.0442. The van der Waals surface area contributed by atoms with Crippen molar-refractivity contribution in [1.82, 2.24) is 44.6 Å². The summed E-state index contributed by atoms with van der Waals surface area (Å²) in [6, 6.07) is 7.06. The Labute approximate surface area is 370 Å². The summed E-state index contributed by atoms with van der Waals surface area (Å²) in [7, 11) is 1.69. The van der Waals surface area contributed by atoms with Gasteiger partial charge in [0.1, 0.15) is 23.0 Å². The minimum atomic E-state index is -1.24. The number of fused-ring (bicyclic) bond motifs is 1. The predicted octanol–water partition coefficient (Wildman–Crippen LogP) is 1.64. The summed E-state index contributed by atoms with van der Waals surface area (Å²) in [5.41, 5.74) is 15.8. The van der Waals surface area contributed by atoms with E-state index in [1.807, 2.05) is 17.2 Å². The van der Waals surface area contributed by atoms with E-state index in [2.05, 4.69) is 65.5 Å². The number of nitrogens with zero attached hydrogens (tertiary/aromatic N) is 8. The van der Waals surface area contributed by atoms with Crippen molar-refractivity contribution >= 4 is 58.3 Å². The number of nitrogens with two attached hydrogens (primary N) is 2. The zero-order chi connectivity index (χ0) is 45.1. The second kappa shape index (κ2) is 24.9. The third-order valence-electron chi connectivity index (χ3n) is 10.3. The normalized spacial score (nSPS) is 14.1. The summed E-state index contributed by atoms with van der Waals surface area (Å²) < 4.78 is 20.8. The van der Waals surface area contributed by atoms with Crippen molar-refractivity contribution in [3.8, 4) is 5.75 Å². The van der Waals surface area contributed by atoms with Crippen LogP contribution in [0.3, 0.4) is 0 Å². The summed E-state index contributed by atoms with van der Waals surface area (Å²) in [6.45, 7) is 8.80. The Kier molecular flexibility index (Phi) is 19.2. The van der Waals surface area contributed by atoms with Crippen LogP contribution in [0, 0.1) is 0 Å². The van der Waals surface area contributed by atoms with Gasteiger partial charge in [0.25, 0.3) is 0 Å². The minimum Gasteiger partial charge on any atom is -0.496 e. The number of unbranched alkanes of at least 4 members (excludes halogenated alkanes) is 2. The number of anilines is 2. The van der Waals surface area contributed by atoms with Gasteiger partial charge in [0.2, 0.25) is 17.8 Å². The number of aromatic nitrogens is 6. The van der Waals surface area contributed by atoms with Crippen molar-refractivity contribution in [3.63, 3.8) is 0 Å². The summed E-state index contributed by atoms with van der Waals surface area (Å²) in [6.07, 6.45) is 6.76. The van der Waals surface area contributed by atoms with Crippen LogP contribution in [0.1, 0.15) is 55.8 Å². The predicted molar refractivity (Wildman–Crippen MR) is 236 cm³/mol. The van der Waals surface area contributed by atoms with Crippen LogP contribution in [0.15, 0.2) is 36.7 Å². The van der Waals surface area contributed by atoms with E-state index in [4.69, 9.17) is 35.9 Å². The van der Waals surface area contributed by atoms with Crippen molar-refractivity contribution in [3.05, 3.63) is 53.5 Å². The van der Waals surface area contributed by atoms with Crippen molar-refractivity contribution in [1.29, 1.82) is 0 Å². The minimum absolute atomic E-state index is 0.00912. The van der Waals surface area contributed by atoms with Crippen molar-refractivity contribution in [2.45, 2.75) is 76.5 Å². The summed E-state index contributed by atoms with van der Waals surface area (Å²) >= 11 is 0.871. The number of ether oxygens (including phenoxy) is 3. The zero-order valence-corrected chi connectivity index (χ0v) is 36.8. The van der Waals surface area contributed by atoms with Crippen LogP contribution in [-0.4, -0.2) is 157 Å². The van der Waals surface area contributed by atoms with E-state index >= 15 is 0 Å². The number of carboxylic acids is 2. The van der Waals surface area contributed by atoms with Gasteiger partial charge in [-0.15, -0.1) is 16.9 Å². The average molecular weight is 897 g/mol. The number of carbonyl (C=O) groups excluding carboxylic acids is 2. The first-order valence-electron chi connectivity index (χ1n) is 21.1. The molecular weight excluding hydrogens is 837 g/mol. The molecule has 4 aromatic rings. The fraction of sp³-hybridized carbons (Fsp3) is 0.561.